The first-order chi connectivity index (χ1) is 5.26. The monoisotopic (exact) mass is 204 g/mol. The normalized spacial score (nSPS) is 12.5. The zero-order chi connectivity index (χ0) is 8.69. The summed E-state index contributed by atoms with van der Waals surface area (Å²) in [5.74, 6) is 1.69. The van der Waals surface area contributed by atoms with Crippen LogP contribution in [0.3, 0.4) is 0 Å². The molecule has 0 fully saturated rings. The molecule has 0 aliphatic carbocycles. The molecule has 0 aliphatic rings. The third-order valence-electron chi connectivity index (χ3n) is 1.02. The van der Waals surface area contributed by atoms with E-state index in [0.29, 0.717) is 0 Å². The van der Waals surface area contributed by atoms with E-state index in [0.717, 1.165) is 0 Å². The fraction of sp³-hybridized carbons (Fsp3) is 0. The van der Waals surface area contributed by atoms with E-state index in [1.165, 1.54) is 6.69 Å². The molecular weight excluding hydrogens is 196 g/mol. The van der Waals surface area contributed by atoms with Gasteiger partial charge in [0.25, 0.3) is 15.0 Å². The highest BCUT2D eigenvalue weighted by Crippen LogP contribution is 2.01. The maximum Gasteiger partial charge on any atom is 0.269 e. The Morgan fingerprint density at radius 3 is 2.45 bits per heavy atom. The molecular formula is C6H9BCl2NSi. The summed E-state index contributed by atoms with van der Waals surface area (Å²) < 4.78 is 1.81. The molecule has 0 rings (SSSR count). The van der Waals surface area contributed by atoms with E-state index in [4.69, 9.17) is 22.5 Å². The third kappa shape index (κ3) is 4.35. The molecule has 0 aliphatic heterocycles. The van der Waals surface area contributed by atoms with Crippen LogP contribution in [0.2, 0.25) is 0 Å². The second kappa shape index (κ2) is 6.58. The first-order valence-corrected chi connectivity index (χ1v) is 6.39. The molecule has 0 saturated heterocycles. The van der Waals surface area contributed by atoms with Crippen molar-refractivity contribution in [3.8, 4) is 0 Å². The Kier molecular flexibility index (Phi) is 6.51. The maximum absolute atomic E-state index is 5.93. The molecule has 11 heavy (non-hydrogen) atoms. The smallest absolute Gasteiger partial charge is 0.269 e. The summed E-state index contributed by atoms with van der Waals surface area (Å²) in [6.07, 6.45) is 3.42. The fourth-order valence-electron chi connectivity index (χ4n) is 0.497. The summed E-state index contributed by atoms with van der Waals surface area (Å²) in [4.78, 5) is 0. The zero-order valence-electron chi connectivity index (χ0n) is 6.08. The van der Waals surface area contributed by atoms with Gasteiger partial charge < -0.3 is 4.57 Å². The molecule has 0 saturated carbocycles. The Hall–Kier alpha value is -0.118. The molecule has 59 valence electrons. The number of hydrogen-bond acceptors (Lipinski definition) is 1. The Morgan fingerprint density at radius 2 is 2.09 bits per heavy atom. The van der Waals surface area contributed by atoms with Crippen LogP contribution in [0.1, 0.15) is 0 Å². The van der Waals surface area contributed by atoms with Crippen LogP contribution in [-0.4, -0.2) is 19.5 Å². The van der Waals surface area contributed by atoms with Crippen molar-refractivity contribution in [1.82, 2.24) is 4.57 Å². The van der Waals surface area contributed by atoms with Crippen molar-refractivity contribution in [2.75, 3.05) is 0 Å². The lowest BCUT2D eigenvalue weighted by atomic mass is 10.1. The van der Waals surface area contributed by atoms with E-state index in [2.05, 4.69) is 13.2 Å². The largest absolute Gasteiger partial charge is 0.368 e. The van der Waals surface area contributed by atoms with Gasteiger partial charge in [-0.3, -0.25) is 0 Å². The van der Waals surface area contributed by atoms with Crippen LogP contribution in [0.25, 0.3) is 0 Å². The summed E-state index contributed by atoms with van der Waals surface area (Å²) in [5.41, 5.74) is 1.74. The minimum absolute atomic E-state index is 1.41. The van der Waals surface area contributed by atoms with Gasteiger partial charge in [0.15, 0.2) is 0 Å². The molecule has 1 nitrogen and oxygen atoms in total. The van der Waals surface area contributed by atoms with E-state index in [-0.39, 0.29) is 0 Å². The lowest BCUT2D eigenvalue weighted by molar-refractivity contribution is 0.812. The van der Waals surface area contributed by atoms with E-state index >= 15 is 0 Å². The number of hydrogen-bond donors (Lipinski definition) is 0. The van der Waals surface area contributed by atoms with Crippen molar-refractivity contribution in [3.63, 3.8) is 0 Å². The van der Waals surface area contributed by atoms with Gasteiger partial charge in [-0.05, 0) is 12.4 Å². The van der Waals surface area contributed by atoms with Crippen molar-refractivity contribution in [2.24, 2.45) is 0 Å². The van der Waals surface area contributed by atoms with Gasteiger partial charge >= 0.3 is 0 Å². The summed E-state index contributed by atoms with van der Waals surface area (Å²) in [7, 11) is -1.54. The second-order valence-corrected chi connectivity index (χ2v) is 5.11. The average Bonchev–Trinajstić information content (AvgIpc) is 2.05. The average molecular weight is 205 g/mol. The first-order valence-electron chi connectivity index (χ1n) is 3.03. The number of rotatable bonds is 5. The van der Waals surface area contributed by atoms with Crippen molar-refractivity contribution in [3.05, 3.63) is 37.2 Å². The summed E-state index contributed by atoms with van der Waals surface area (Å²) in [6.45, 7) is 8.62. The molecule has 0 N–H and O–H groups in total. The van der Waals surface area contributed by atoms with Gasteiger partial charge in [-0.1, -0.05) is 18.3 Å². The van der Waals surface area contributed by atoms with Gasteiger partial charge in [-0.25, -0.2) is 0 Å². The molecule has 0 bridgehead atoms. The molecule has 0 aromatic heterocycles. The van der Waals surface area contributed by atoms with Crippen LogP contribution in [0.4, 0.5) is 0 Å². The van der Waals surface area contributed by atoms with Crippen molar-refractivity contribution < 1.29 is 0 Å². The van der Waals surface area contributed by atoms with Gasteiger partial charge in [0, 0.05) is 0 Å². The number of halogens is 2. The number of nitrogens with zero attached hydrogens (tertiary/aromatic N) is 1. The highest BCUT2D eigenvalue weighted by molar-refractivity contribution is 7.08. The molecule has 0 amide bonds. The quantitative estimate of drug-likeness (QED) is 0.489. The zero-order valence-corrected chi connectivity index (χ0v) is 8.75. The van der Waals surface area contributed by atoms with Crippen LogP contribution in [0, 0.1) is 0 Å². The Morgan fingerprint density at radius 1 is 1.45 bits per heavy atom. The topological polar surface area (TPSA) is 3.24 Å². The molecule has 0 aromatic rings. The van der Waals surface area contributed by atoms with Crippen LogP contribution in [0.15, 0.2) is 37.2 Å². The van der Waals surface area contributed by atoms with Gasteiger partial charge in [-0.15, -0.1) is 17.7 Å². The Balaban J connectivity index is 4.04. The van der Waals surface area contributed by atoms with E-state index < -0.39 is 8.27 Å². The van der Waals surface area contributed by atoms with E-state index in [1.54, 1.807) is 24.1 Å². The van der Waals surface area contributed by atoms with Crippen molar-refractivity contribution in [1.29, 1.82) is 0 Å². The molecule has 1 atom stereocenters. The predicted molar refractivity (Wildman–Crippen MR) is 56.0 cm³/mol. The lowest BCUT2D eigenvalue weighted by Crippen LogP contribution is -2.22. The maximum atomic E-state index is 5.93. The van der Waals surface area contributed by atoms with Gasteiger partial charge in [0.1, 0.15) is 0 Å². The van der Waals surface area contributed by atoms with Gasteiger partial charge in [0.05, 0.1) is 0 Å². The lowest BCUT2D eigenvalue weighted by Gasteiger charge is -2.16. The summed E-state index contributed by atoms with van der Waals surface area (Å²) >= 11 is 11.3. The molecule has 1 unspecified atom stereocenters. The van der Waals surface area contributed by atoms with Crippen molar-refractivity contribution >= 4 is 37.5 Å². The SMILES string of the molecule is C=CN(C=C[B]Cl)[SiH](Cl)C=C. The van der Waals surface area contributed by atoms with Gasteiger partial charge in [0.2, 0.25) is 0 Å². The van der Waals surface area contributed by atoms with E-state index in [9.17, 15) is 0 Å². The Bertz CT molecular complexity index is 163. The predicted octanol–water partition coefficient (Wildman–Crippen LogP) is 1.95. The van der Waals surface area contributed by atoms with Crippen molar-refractivity contribution in [2.45, 2.75) is 0 Å². The molecule has 0 heterocycles. The highest BCUT2D eigenvalue weighted by atomic mass is 35.6. The summed E-state index contributed by atoms with van der Waals surface area (Å²) in [5, 5.41) is 0. The highest BCUT2D eigenvalue weighted by Gasteiger charge is 2.05. The molecule has 5 heteroatoms. The summed E-state index contributed by atoms with van der Waals surface area (Å²) in [6, 6.07) is 0. The van der Waals surface area contributed by atoms with Gasteiger partial charge in [-0.2, -0.15) is 11.5 Å². The van der Waals surface area contributed by atoms with Crippen LogP contribution in [0.5, 0.6) is 0 Å². The fourth-order valence-corrected chi connectivity index (χ4v) is 1.71. The minimum atomic E-state index is -1.54. The minimum Gasteiger partial charge on any atom is -0.368 e. The van der Waals surface area contributed by atoms with Crippen LogP contribution < -0.4 is 0 Å². The third-order valence-corrected chi connectivity index (χ3v) is 3.72. The standard InChI is InChI=1S/C6H9BCl2NSi/c1-3-10(6-5-7-8)11(9)4-2/h3-6,11H,1-2H2. The second-order valence-electron chi connectivity index (χ2n) is 1.71. The van der Waals surface area contributed by atoms with E-state index in [1.807, 2.05) is 4.57 Å². The molecule has 0 spiro atoms. The Labute approximate surface area is 79.5 Å². The first kappa shape index (κ1) is 10.9. The molecule has 0 aromatic carbocycles. The molecule has 1 radical (unpaired) electrons. The van der Waals surface area contributed by atoms with Crippen LogP contribution >= 0.6 is 22.5 Å². The van der Waals surface area contributed by atoms with Crippen LogP contribution in [-0.2, 0) is 0 Å².